The number of hydrogen-bond acceptors (Lipinski definition) is 3. The number of rotatable bonds is 6. The summed E-state index contributed by atoms with van der Waals surface area (Å²) in [5, 5.41) is 9.66. The summed E-state index contributed by atoms with van der Waals surface area (Å²) >= 11 is 4.23. The van der Waals surface area contributed by atoms with Crippen LogP contribution in [0.2, 0.25) is 0 Å². The lowest BCUT2D eigenvalue weighted by molar-refractivity contribution is 0.228. The summed E-state index contributed by atoms with van der Waals surface area (Å²) in [5.41, 5.74) is 5.46. The molecule has 1 saturated heterocycles. The molecule has 4 rings (SSSR count). The van der Waals surface area contributed by atoms with Gasteiger partial charge in [-0.05, 0) is 77.7 Å². The van der Waals surface area contributed by atoms with Crippen molar-refractivity contribution in [1.29, 1.82) is 5.26 Å². The summed E-state index contributed by atoms with van der Waals surface area (Å²) < 4.78 is 0.596. The smallest absolute Gasteiger partial charge is 0.0751 e. The van der Waals surface area contributed by atoms with Gasteiger partial charge in [-0.2, -0.15) is 5.26 Å². The summed E-state index contributed by atoms with van der Waals surface area (Å²) in [4.78, 5) is 0. The first-order chi connectivity index (χ1) is 15.2. The standard InChI is InChI=1S/C28H35NS2/c1-3-15-28(20-29)16-13-25(14-17-28)24-7-5-22(6-8-24)23-9-11-26(12-10-23)27-30-18-21(4-2)19-31-27/h5-12,21,25,27H,3-4,13-19H2,1-2H3. The summed E-state index contributed by atoms with van der Waals surface area (Å²) in [6.07, 6.45) is 7.89. The van der Waals surface area contributed by atoms with Gasteiger partial charge in [0, 0.05) is 0 Å². The number of thioether (sulfide) groups is 2. The maximum atomic E-state index is 9.66. The molecule has 31 heavy (non-hydrogen) atoms. The van der Waals surface area contributed by atoms with Crippen molar-refractivity contribution in [2.45, 2.75) is 69.3 Å². The van der Waals surface area contributed by atoms with Crippen LogP contribution in [0.25, 0.3) is 11.1 Å². The number of hydrogen-bond donors (Lipinski definition) is 0. The van der Waals surface area contributed by atoms with E-state index in [9.17, 15) is 5.26 Å². The van der Waals surface area contributed by atoms with Gasteiger partial charge in [-0.3, -0.25) is 0 Å². The Labute approximate surface area is 197 Å². The quantitative estimate of drug-likeness (QED) is 0.440. The van der Waals surface area contributed by atoms with E-state index in [0.717, 1.165) is 44.4 Å². The average molecular weight is 450 g/mol. The minimum atomic E-state index is -0.0563. The second-order valence-corrected chi connectivity index (χ2v) is 12.0. The van der Waals surface area contributed by atoms with E-state index >= 15 is 0 Å². The first kappa shape index (κ1) is 22.8. The van der Waals surface area contributed by atoms with Crippen LogP contribution in [0.4, 0.5) is 0 Å². The van der Waals surface area contributed by atoms with Gasteiger partial charge in [-0.25, -0.2) is 0 Å². The first-order valence-electron chi connectivity index (χ1n) is 12.0. The molecule has 0 spiro atoms. The first-order valence-corrected chi connectivity index (χ1v) is 14.1. The van der Waals surface area contributed by atoms with Crippen molar-refractivity contribution >= 4 is 23.5 Å². The van der Waals surface area contributed by atoms with Crippen molar-refractivity contribution in [2.24, 2.45) is 11.3 Å². The normalized spacial score (nSPS) is 28.7. The van der Waals surface area contributed by atoms with Crippen LogP contribution in [-0.4, -0.2) is 11.5 Å². The van der Waals surface area contributed by atoms with Gasteiger partial charge < -0.3 is 0 Å². The summed E-state index contributed by atoms with van der Waals surface area (Å²) in [7, 11) is 0. The van der Waals surface area contributed by atoms with E-state index in [1.54, 1.807) is 0 Å². The molecule has 0 aromatic heterocycles. The highest BCUT2D eigenvalue weighted by molar-refractivity contribution is 8.16. The van der Waals surface area contributed by atoms with E-state index in [0.29, 0.717) is 10.5 Å². The lowest BCUT2D eigenvalue weighted by Gasteiger charge is -2.35. The monoisotopic (exact) mass is 449 g/mol. The van der Waals surface area contributed by atoms with Crippen LogP contribution >= 0.6 is 23.5 Å². The van der Waals surface area contributed by atoms with Crippen molar-refractivity contribution in [2.75, 3.05) is 11.5 Å². The third-order valence-corrected chi connectivity index (χ3v) is 10.6. The topological polar surface area (TPSA) is 23.8 Å². The Hall–Kier alpha value is -1.37. The van der Waals surface area contributed by atoms with Crippen molar-refractivity contribution in [1.82, 2.24) is 0 Å². The van der Waals surface area contributed by atoms with Crippen LogP contribution in [0.3, 0.4) is 0 Å². The molecule has 0 unspecified atom stereocenters. The highest BCUT2D eigenvalue weighted by Gasteiger charge is 2.35. The highest BCUT2D eigenvalue weighted by atomic mass is 32.2. The zero-order valence-electron chi connectivity index (χ0n) is 19.0. The molecule has 0 bridgehead atoms. The molecular weight excluding hydrogens is 414 g/mol. The molecule has 2 aliphatic rings. The Bertz CT molecular complexity index is 865. The Morgan fingerprint density at radius 1 is 0.871 bits per heavy atom. The number of nitriles is 1. The minimum Gasteiger partial charge on any atom is -0.198 e. The van der Waals surface area contributed by atoms with Gasteiger partial charge in [0.15, 0.2) is 0 Å². The van der Waals surface area contributed by atoms with Gasteiger partial charge in [-0.15, -0.1) is 23.5 Å². The van der Waals surface area contributed by atoms with E-state index in [2.05, 4.69) is 92.0 Å². The lowest BCUT2D eigenvalue weighted by Crippen LogP contribution is -2.25. The molecule has 1 nitrogen and oxygen atoms in total. The van der Waals surface area contributed by atoms with Crippen LogP contribution in [-0.2, 0) is 0 Å². The van der Waals surface area contributed by atoms with Gasteiger partial charge in [-0.1, -0.05) is 75.2 Å². The van der Waals surface area contributed by atoms with Crippen LogP contribution in [0.15, 0.2) is 48.5 Å². The van der Waals surface area contributed by atoms with Gasteiger partial charge in [0.2, 0.25) is 0 Å². The van der Waals surface area contributed by atoms with E-state index in [-0.39, 0.29) is 5.41 Å². The Kier molecular flexibility index (Phi) is 7.72. The summed E-state index contributed by atoms with van der Waals surface area (Å²) in [6.45, 7) is 4.51. The van der Waals surface area contributed by atoms with E-state index in [4.69, 9.17) is 0 Å². The molecule has 2 aromatic carbocycles. The molecule has 1 saturated carbocycles. The zero-order chi connectivity index (χ0) is 21.7. The summed E-state index contributed by atoms with van der Waals surface area (Å²) in [5.74, 6) is 4.09. The van der Waals surface area contributed by atoms with E-state index in [1.165, 1.54) is 40.2 Å². The van der Waals surface area contributed by atoms with Gasteiger partial charge in [0.05, 0.1) is 16.1 Å². The Morgan fingerprint density at radius 2 is 1.42 bits per heavy atom. The van der Waals surface area contributed by atoms with Gasteiger partial charge >= 0.3 is 0 Å². The van der Waals surface area contributed by atoms with Crippen LogP contribution < -0.4 is 0 Å². The fraction of sp³-hybridized carbons (Fsp3) is 0.536. The molecule has 2 fully saturated rings. The second kappa shape index (κ2) is 10.5. The van der Waals surface area contributed by atoms with Crippen molar-refractivity contribution in [3.05, 3.63) is 59.7 Å². The second-order valence-electron chi connectivity index (χ2n) is 9.43. The van der Waals surface area contributed by atoms with E-state index < -0.39 is 0 Å². The predicted molar refractivity (Wildman–Crippen MR) is 137 cm³/mol. The predicted octanol–water partition coefficient (Wildman–Crippen LogP) is 8.83. The largest absolute Gasteiger partial charge is 0.198 e. The molecule has 1 heterocycles. The third-order valence-electron chi connectivity index (χ3n) is 7.35. The number of nitrogens with zero attached hydrogens (tertiary/aromatic N) is 1. The molecule has 0 N–H and O–H groups in total. The molecule has 164 valence electrons. The van der Waals surface area contributed by atoms with Crippen molar-refractivity contribution in [3.8, 4) is 17.2 Å². The van der Waals surface area contributed by atoms with Crippen LogP contribution in [0, 0.1) is 22.7 Å². The molecule has 0 radical (unpaired) electrons. The van der Waals surface area contributed by atoms with Gasteiger partial charge in [0.1, 0.15) is 0 Å². The van der Waals surface area contributed by atoms with Gasteiger partial charge in [0.25, 0.3) is 0 Å². The van der Waals surface area contributed by atoms with Crippen molar-refractivity contribution < 1.29 is 0 Å². The molecule has 3 heteroatoms. The molecule has 2 aromatic rings. The molecule has 0 atom stereocenters. The molecule has 0 amide bonds. The van der Waals surface area contributed by atoms with Crippen LogP contribution in [0.5, 0.6) is 0 Å². The van der Waals surface area contributed by atoms with Crippen LogP contribution in [0.1, 0.15) is 80.4 Å². The maximum absolute atomic E-state index is 9.66. The fourth-order valence-electron chi connectivity index (χ4n) is 5.15. The third kappa shape index (κ3) is 5.35. The van der Waals surface area contributed by atoms with Crippen molar-refractivity contribution in [3.63, 3.8) is 0 Å². The Morgan fingerprint density at radius 3 is 1.90 bits per heavy atom. The van der Waals surface area contributed by atoms with E-state index in [1.807, 2.05) is 0 Å². The maximum Gasteiger partial charge on any atom is 0.0751 e. The Balaban J connectivity index is 1.37. The molecule has 1 aliphatic heterocycles. The minimum absolute atomic E-state index is 0.0563. The highest BCUT2D eigenvalue weighted by Crippen LogP contribution is 2.47. The lowest BCUT2D eigenvalue weighted by atomic mass is 9.68. The zero-order valence-corrected chi connectivity index (χ0v) is 20.6. The summed E-state index contributed by atoms with van der Waals surface area (Å²) in [6, 6.07) is 21.1. The molecular formula is C28H35NS2. The molecule has 1 aliphatic carbocycles. The fourth-order valence-corrected chi connectivity index (χ4v) is 8.46. The number of benzene rings is 2. The SMILES string of the molecule is CCCC1(C#N)CCC(c2ccc(-c3ccc(C4SCC(CC)CS4)cc3)cc2)CC1. The average Bonchev–Trinajstić information content (AvgIpc) is 2.85.